The van der Waals surface area contributed by atoms with Crippen LogP contribution in [0.5, 0.6) is 0 Å². The van der Waals surface area contributed by atoms with Gasteiger partial charge in [-0.1, -0.05) is 36.4 Å². The molecule has 0 fully saturated rings. The van der Waals surface area contributed by atoms with Crippen LogP contribution in [-0.2, 0) is 19.5 Å². The van der Waals surface area contributed by atoms with Gasteiger partial charge in [-0.2, -0.15) is 5.10 Å². The Bertz CT molecular complexity index is 1020. The van der Waals surface area contributed by atoms with Crippen LogP contribution in [0.1, 0.15) is 38.6 Å². The number of hydrazone groups is 1. The Balaban J connectivity index is 1.32. The number of hydrogen-bond donors (Lipinski definition) is 1. The molecule has 2 heterocycles. The number of nitrogens with one attached hydrogen (secondary N) is 1. The Morgan fingerprint density at radius 2 is 1.97 bits per heavy atom. The Labute approximate surface area is 178 Å². The van der Waals surface area contributed by atoms with Crippen molar-refractivity contribution in [1.29, 1.82) is 0 Å². The van der Waals surface area contributed by atoms with Gasteiger partial charge in [0.1, 0.15) is 11.5 Å². The van der Waals surface area contributed by atoms with Crippen LogP contribution >= 0.6 is 15.9 Å². The summed E-state index contributed by atoms with van der Waals surface area (Å²) >= 11 is 3.38. The van der Waals surface area contributed by atoms with Crippen molar-refractivity contribution in [2.45, 2.75) is 26.4 Å². The lowest BCUT2D eigenvalue weighted by Gasteiger charge is -2.28. The quantitative estimate of drug-likeness (QED) is 0.452. The van der Waals surface area contributed by atoms with Gasteiger partial charge < -0.3 is 4.42 Å². The minimum atomic E-state index is -0.248. The third kappa shape index (κ3) is 4.83. The number of halogens is 1. The summed E-state index contributed by atoms with van der Waals surface area (Å²) in [6, 6.07) is 18.1. The molecular weight excluding hydrogens is 430 g/mol. The number of amides is 1. The van der Waals surface area contributed by atoms with Gasteiger partial charge in [0.2, 0.25) is 0 Å². The third-order valence-corrected chi connectivity index (χ3v) is 5.85. The molecule has 0 unspecified atom stereocenters. The Morgan fingerprint density at radius 1 is 1.21 bits per heavy atom. The van der Waals surface area contributed by atoms with Crippen molar-refractivity contribution in [2.24, 2.45) is 5.10 Å². The summed E-state index contributed by atoms with van der Waals surface area (Å²) in [5, 5.41) is 3.96. The molecule has 0 bridgehead atoms. The van der Waals surface area contributed by atoms with Crippen molar-refractivity contribution in [3.63, 3.8) is 0 Å². The zero-order valence-corrected chi connectivity index (χ0v) is 17.8. The van der Waals surface area contributed by atoms with Crippen molar-refractivity contribution < 1.29 is 9.21 Å². The molecule has 148 valence electrons. The highest BCUT2D eigenvalue weighted by molar-refractivity contribution is 9.10. The number of benzene rings is 2. The Morgan fingerprint density at radius 3 is 2.69 bits per heavy atom. The van der Waals surface area contributed by atoms with E-state index in [1.807, 2.05) is 31.2 Å². The molecule has 1 aromatic heterocycles. The Kier molecular flexibility index (Phi) is 5.92. The van der Waals surface area contributed by atoms with Crippen molar-refractivity contribution in [1.82, 2.24) is 10.3 Å². The van der Waals surface area contributed by atoms with Crippen LogP contribution in [0.2, 0.25) is 0 Å². The van der Waals surface area contributed by atoms with Gasteiger partial charge in [0.25, 0.3) is 5.91 Å². The highest BCUT2D eigenvalue weighted by Crippen LogP contribution is 2.21. The van der Waals surface area contributed by atoms with Crippen molar-refractivity contribution in [3.05, 3.63) is 92.8 Å². The molecule has 6 heteroatoms. The molecule has 0 saturated heterocycles. The topological polar surface area (TPSA) is 57.8 Å². The number of hydrogen-bond acceptors (Lipinski definition) is 4. The maximum absolute atomic E-state index is 12.3. The SMILES string of the molecule is Cc1oc(C=NNC(=O)c2ccc(CN3CCc4ccccc4C3)cc2)cc1Br. The lowest BCUT2D eigenvalue weighted by Crippen LogP contribution is -2.30. The number of furan rings is 1. The zero-order valence-electron chi connectivity index (χ0n) is 16.2. The fourth-order valence-corrected chi connectivity index (χ4v) is 3.78. The number of aryl methyl sites for hydroxylation is 1. The smallest absolute Gasteiger partial charge is 0.271 e. The van der Waals surface area contributed by atoms with Crippen LogP contribution in [0.4, 0.5) is 0 Å². The van der Waals surface area contributed by atoms with Gasteiger partial charge >= 0.3 is 0 Å². The van der Waals surface area contributed by atoms with Gasteiger partial charge in [-0.3, -0.25) is 9.69 Å². The number of rotatable bonds is 5. The van der Waals surface area contributed by atoms with Crippen LogP contribution in [0.15, 0.2) is 68.6 Å². The van der Waals surface area contributed by atoms with Crippen molar-refractivity contribution in [2.75, 3.05) is 6.54 Å². The highest BCUT2D eigenvalue weighted by Gasteiger charge is 2.16. The van der Waals surface area contributed by atoms with Crippen LogP contribution in [0, 0.1) is 6.92 Å². The highest BCUT2D eigenvalue weighted by atomic mass is 79.9. The molecule has 3 aromatic rings. The first kappa shape index (κ1) is 19.6. The predicted molar refractivity (Wildman–Crippen MR) is 117 cm³/mol. The molecule has 0 saturated carbocycles. The van der Waals surface area contributed by atoms with Crippen LogP contribution in [-0.4, -0.2) is 23.6 Å². The molecular formula is C23H22BrN3O2. The first-order valence-corrected chi connectivity index (χ1v) is 10.4. The summed E-state index contributed by atoms with van der Waals surface area (Å²) < 4.78 is 6.33. The fourth-order valence-electron chi connectivity index (χ4n) is 3.47. The first-order chi connectivity index (χ1) is 14.1. The van der Waals surface area contributed by atoms with E-state index in [1.54, 1.807) is 6.07 Å². The molecule has 5 nitrogen and oxygen atoms in total. The number of carbonyl (C=O) groups is 1. The summed E-state index contributed by atoms with van der Waals surface area (Å²) in [5.74, 6) is 1.10. The van der Waals surface area contributed by atoms with Crippen LogP contribution in [0.25, 0.3) is 0 Å². The number of fused-ring (bicyclic) bond motifs is 1. The summed E-state index contributed by atoms with van der Waals surface area (Å²) in [5.41, 5.74) is 7.16. The van der Waals surface area contributed by atoms with Gasteiger partial charge in [0, 0.05) is 31.3 Å². The van der Waals surface area contributed by atoms with Gasteiger partial charge in [0.05, 0.1) is 10.7 Å². The summed E-state index contributed by atoms with van der Waals surface area (Å²) in [4.78, 5) is 14.7. The second-order valence-electron chi connectivity index (χ2n) is 7.18. The van der Waals surface area contributed by atoms with E-state index >= 15 is 0 Å². The van der Waals surface area contributed by atoms with Crippen LogP contribution in [0.3, 0.4) is 0 Å². The minimum absolute atomic E-state index is 0.248. The van der Waals surface area contributed by atoms with Crippen molar-refractivity contribution in [3.8, 4) is 0 Å². The lowest BCUT2D eigenvalue weighted by molar-refractivity contribution is 0.0955. The van der Waals surface area contributed by atoms with E-state index in [0.717, 1.165) is 36.3 Å². The lowest BCUT2D eigenvalue weighted by atomic mass is 9.99. The van der Waals surface area contributed by atoms with E-state index in [-0.39, 0.29) is 5.91 Å². The van der Waals surface area contributed by atoms with Gasteiger partial charge in [-0.15, -0.1) is 0 Å². The Hall–Kier alpha value is -2.70. The van der Waals surface area contributed by atoms with E-state index in [4.69, 9.17) is 4.42 Å². The van der Waals surface area contributed by atoms with E-state index in [9.17, 15) is 4.79 Å². The minimum Gasteiger partial charge on any atom is -0.459 e. The maximum Gasteiger partial charge on any atom is 0.271 e. The summed E-state index contributed by atoms with van der Waals surface area (Å²) in [6.07, 6.45) is 2.57. The van der Waals surface area contributed by atoms with Gasteiger partial charge in [0.15, 0.2) is 0 Å². The van der Waals surface area contributed by atoms with Gasteiger partial charge in [-0.25, -0.2) is 5.43 Å². The second kappa shape index (κ2) is 8.76. The monoisotopic (exact) mass is 451 g/mol. The number of carbonyl (C=O) groups excluding carboxylic acids is 1. The molecule has 0 radical (unpaired) electrons. The average molecular weight is 452 g/mol. The van der Waals surface area contributed by atoms with E-state index in [1.165, 1.54) is 22.9 Å². The molecule has 1 aliphatic rings. The molecule has 2 aromatic carbocycles. The zero-order chi connectivity index (χ0) is 20.2. The van der Waals surface area contributed by atoms with E-state index in [2.05, 4.69) is 55.6 Å². The van der Waals surface area contributed by atoms with E-state index < -0.39 is 0 Å². The predicted octanol–water partition coefficient (Wildman–Crippen LogP) is 4.67. The average Bonchev–Trinajstić information content (AvgIpc) is 3.05. The molecule has 0 aliphatic carbocycles. The normalized spacial score (nSPS) is 14.1. The molecule has 0 atom stereocenters. The third-order valence-electron chi connectivity index (χ3n) is 5.07. The molecule has 1 N–H and O–H groups in total. The van der Waals surface area contributed by atoms with Crippen LogP contribution < -0.4 is 5.43 Å². The van der Waals surface area contributed by atoms with Crippen molar-refractivity contribution >= 4 is 28.1 Å². The second-order valence-corrected chi connectivity index (χ2v) is 8.03. The number of nitrogens with zero attached hydrogens (tertiary/aromatic N) is 2. The molecule has 1 amide bonds. The molecule has 4 rings (SSSR count). The fraction of sp³-hybridized carbons (Fsp3) is 0.217. The maximum atomic E-state index is 12.3. The first-order valence-electron chi connectivity index (χ1n) is 9.56. The largest absolute Gasteiger partial charge is 0.459 e. The standard InChI is InChI=1S/C23H22BrN3O2/c1-16-22(24)12-21(29-16)13-25-26-23(28)19-8-6-17(7-9-19)14-27-11-10-18-4-2-3-5-20(18)15-27/h2-9,12-13H,10-11,14-15H2,1H3,(H,26,28). The summed E-state index contributed by atoms with van der Waals surface area (Å²) in [6.45, 7) is 4.75. The summed E-state index contributed by atoms with van der Waals surface area (Å²) in [7, 11) is 0. The molecule has 1 aliphatic heterocycles. The molecule has 0 spiro atoms. The van der Waals surface area contributed by atoms with Gasteiger partial charge in [-0.05, 0) is 58.1 Å². The molecule has 29 heavy (non-hydrogen) atoms. The van der Waals surface area contributed by atoms with E-state index in [0.29, 0.717) is 11.3 Å².